The standard InChI is InChI=1S/C10H17NO3/c1-3-13-10(12)8-5-9-7(11-8)4-6(2)14-9/h6-9,11H,3-5H2,1-2H3/t6-,7+,8-,9+/m0/s1. The van der Waals surface area contributed by atoms with Gasteiger partial charge in [-0.05, 0) is 20.3 Å². The summed E-state index contributed by atoms with van der Waals surface area (Å²) in [5.74, 6) is -0.141. The molecule has 4 heteroatoms. The number of hydrogen-bond acceptors (Lipinski definition) is 4. The maximum atomic E-state index is 11.4. The second kappa shape index (κ2) is 3.87. The lowest BCUT2D eigenvalue weighted by molar-refractivity contribution is -0.145. The first kappa shape index (κ1) is 9.93. The maximum Gasteiger partial charge on any atom is 0.323 e. The Bertz CT molecular complexity index is 217. The Balaban J connectivity index is 1.88. The van der Waals surface area contributed by atoms with E-state index in [2.05, 4.69) is 12.2 Å². The molecule has 0 aromatic rings. The van der Waals surface area contributed by atoms with Crippen LogP contribution >= 0.6 is 0 Å². The number of carbonyl (C=O) groups is 1. The van der Waals surface area contributed by atoms with Crippen molar-refractivity contribution in [1.82, 2.24) is 5.32 Å². The lowest BCUT2D eigenvalue weighted by Gasteiger charge is -2.12. The first-order valence-corrected chi connectivity index (χ1v) is 5.29. The Hall–Kier alpha value is -0.610. The molecule has 4 nitrogen and oxygen atoms in total. The molecule has 0 spiro atoms. The number of nitrogens with one attached hydrogen (secondary N) is 1. The molecular weight excluding hydrogens is 182 g/mol. The van der Waals surface area contributed by atoms with Crippen molar-refractivity contribution < 1.29 is 14.3 Å². The molecule has 2 saturated heterocycles. The number of esters is 1. The van der Waals surface area contributed by atoms with Gasteiger partial charge in [0, 0.05) is 12.5 Å². The van der Waals surface area contributed by atoms with Gasteiger partial charge >= 0.3 is 5.97 Å². The average molecular weight is 199 g/mol. The highest BCUT2D eigenvalue weighted by Crippen LogP contribution is 2.29. The minimum atomic E-state index is -0.155. The molecule has 0 saturated carbocycles. The molecule has 2 rings (SSSR count). The van der Waals surface area contributed by atoms with Crippen molar-refractivity contribution >= 4 is 5.97 Å². The third-order valence-electron chi connectivity index (χ3n) is 2.90. The van der Waals surface area contributed by atoms with E-state index in [1.165, 1.54) is 0 Å². The van der Waals surface area contributed by atoms with Gasteiger partial charge in [-0.25, -0.2) is 0 Å². The van der Waals surface area contributed by atoms with Crippen LogP contribution in [0.3, 0.4) is 0 Å². The van der Waals surface area contributed by atoms with E-state index in [4.69, 9.17) is 9.47 Å². The second-order valence-electron chi connectivity index (χ2n) is 4.03. The van der Waals surface area contributed by atoms with Crippen molar-refractivity contribution in [2.45, 2.75) is 51.0 Å². The minimum Gasteiger partial charge on any atom is -0.465 e. The Morgan fingerprint density at radius 2 is 2.36 bits per heavy atom. The number of rotatable bonds is 2. The van der Waals surface area contributed by atoms with Gasteiger partial charge in [0.2, 0.25) is 0 Å². The molecule has 0 radical (unpaired) electrons. The summed E-state index contributed by atoms with van der Waals surface area (Å²) in [5.41, 5.74) is 0. The van der Waals surface area contributed by atoms with E-state index in [0.717, 1.165) is 12.8 Å². The molecule has 0 aromatic heterocycles. The van der Waals surface area contributed by atoms with E-state index >= 15 is 0 Å². The number of fused-ring (bicyclic) bond motifs is 1. The Labute approximate surface area is 84.0 Å². The average Bonchev–Trinajstić information content (AvgIpc) is 2.61. The van der Waals surface area contributed by atoms with Gasteiger partial charge in [-0.1, -0.05) is 0 Å². The minimum absolute atomic E-state index is 0.141. The van der Waals surface area contributed by atoms with Crippen LogP contribution < -0.4 is 5.32 Å². The molecule has 0 aromatic carbocycles. The highest BCUT2D eigenvalue weighted by atomic mass is 16.5. The van der Waals surface area contributed by atoms with Crippen molar-refractivity contribution in [2.24, 2.45) is 0 Å². The lowest BCUT2D eigenvalue weighted by atomic mass is 10.1. The molecule has 1 N–H and O–H groups in total. The number of ether oxygens (including phenoxy) is 2. The predicted molar refractivity (Wildman–Crippen MR) is 50.9 cm³/mol. The van der Waals surface area contributed by atoms with E-state index in [9.17, 15) is 4.79 Å². The Morgan fingerprint density at radius 1 is 1.57 bits per heavy atom. The van der Waals surface area contributed by atoms with Gasteiger partial charge < -0.3 is 9.47 Å². The lowest BCUT2D eigenvalue weighted by Crippen LogP contribution is -2.37. The van der Waals surface area contributed by atoms with E-state index in [-0.39, 0.29) is 18.1 Å². The summed E-state index contributed by atoms with van der Waals surface area (Å²) in [4.78, 5) is 11.4. The van der Waals surface area contributed by atoms with Crippen molar-refractivity contribution in [1.29, 1.82) is 0 Å². The fourth-order valence-electron chi connectivity index (χ4n) is 2.32. The number of hydrogen-bond donors (Lipinski definition) is 1. The predicted octanol–water partition coefficient (Wildman–Crippen LogP) is 0.457. The molecule has 2 aliphatic rings. The first-order chi connectivity index (χ1) is 6.70. The second-order valence-corrected chi connectivity index (χ2v) is 4.03. The molecule has 2 fully saturated rings. The summed E-state index contributed by atoms with van der Waals surface area (Å²) in [5, 5.41) is 3.27. The molecule has 0 aliphatic carbocycles. The molecular formula is C10H17NO3. The van der Waals surface area contributed by atoms with Crippen LogP contribution in [0.1, 0.15) is 26.7 Å². The van der Waals surface area contributed by atoms with Crippen LogP contribution in [0, 0.1) is 0 Å². The van der Waals surface area contributed by atoms with Crippen molar-refractivity contribution in [3.63, 3.8) is 0 Å². The van der Waals surface area contributed by atoms with E-state index in [1.54, 1.807) is 0 Å². The van der Waals surface area contributed by atoms with Gasteiger partial charge in [-0.2, -0.15) is 0 Å². The van der Waals surface area contributed by atoms with Crippen LogP contribution in [0.4, 0.5) is 0 Å². The summed E-state index contributed by atoms with van der Waals surface area (Å²) in [6.07, 6.45) is 2.29. The molecule has 14 heavy (non-hydrogen) atoms. The van der Waals surface area contributed by atoms with Crippen LogP contribution in [0.15, 0.2) is 0 Å². The fourth-order valence-corrected chi connectivity index (χ4v) is 2.32. The third-order valence-corrected chi connectivity index (χ3v) is 2.90. The van der Waals surface area contributed by atoms with Crippen molar-refractivity contribution in [2.75, 3.05) is 6.61 Å². The highest BCUT2D eigenvalue weighted by molar-refractivity contribution is 5.76. The Morgan fingerprint density at radius 3 is 3.00 bits per heavy atom. The van der Waals surface area contributed by atoms with Gasteiger partial charge in [0.1, 0.15) is 6.04 Å². The van der Waals surface area contributed by atoms with Gasteiger partial charge in [0.15, 0.2) is 0 Å². The van der Waals surface area contributed by atoms with Crippen LogP contribution in [0.25, 0.3) is 0 Å². The zero-order valence-corrected chi connectivity index (χ0v) is 8.66. The zero-order chi connectivity index (χ0) is 10.1. The topological polar surface area (TPSA) is 47.6 Å². The third kappa shape index (κ3) is 1.77. The maximum absolute atomic E-state index is 11.4. The molecule has 2 aliphatic heterocycles. The monoisotopic (exact) mass is 199 g/mol. The van der Waals surface area contributed by atoms with Crippen LogP contribution in [0.5, 0.6) is 0 Å². The van der Waals surface area contributed by atoms with E-state index < -0.39 is 0 Å². The van der Waals surface area contributed by atoms with Gasteiger partial charge in [0.05, 0.1) is 18.8 Å². The van der Waals surface area contributed by atoms with Crippen LogP contribution in [-0.2, 0) is 14.3 Å². The van der Waals surface area contributed by atoms with Gasteiger partial charge in [-0.15, -0.1) is 0 Å². The Kier molecular flexibility index (Phi) is 2.74. The van der Waals surface area contributed by atoms with Crippen molar-refractivity contribution in [3.8, 4) is 0 Å². The summed E-state index contributed by atoms with van der Waals surface area (Å²) in [6.45, 7) is 4.34. The summed E-state index contributed by atoms with van der Waals surface area (Å²) >= 11 is 0. The molecule has 4 atom stereocenters. The smallest absolute Gasteiger partial charge is 0.323 e. The molecule has 0 unspecified atom stereocenters. The number of carbonyl (C=O) groups excluding carboxylic acids is 1. The molecule has 0 bridgehead atoms. The zero-order valence-electron chi connectivity index (χ0n) is 8.66. The van der Waals surface area contributed by atoms with Crippen LogP contribution in [0.2, 0.25) is 0 Å². The largest absolute Gasteiger partial charge is 0.465 e. The van der Waals surface area contributed by atoms with E-state index in [1.807, 2.05) is 6.92 Å². The van der Waals surface area contributed by atoms with Crippen LogP contribution in [-0.4, -0.2) is 36.9 Å². The highest BCUT2D eigenvalue weighted by Gasteiger charge is 2.43. The molecule has 2 heterocycles. The SMILES string of the molecule is CCOC(=O)[C@@H]1C[C@H]2O[C@@H](C)C[C@H]2N1. The first-order valence-electron chi connectivity index (χ1n) is 5.29. The summed E-state index contributed by atoms with van der Waals surface area (Å²) in [7, 11) is 0. The quantitative estimate of drug-likeness (QED) is 0.656. The summed E-state index contributed by atoms with van der Waals surface area (Å²) in [6, 6.07) is 0.192. The molecule has 0 amide bonds. The van der Waals surface area contributed by atoms with Crippen molar-refractivity contribution in [3.05, 3.63) is 0 Å². The molecule has 80 valence electrons. The fraction of sp³-hybridized carbons (Fsp3) is 0.900. The normalized spacial score (nSPS) is 41.0. The van der Waals surface area contributed by atoms with E-state index in [0.29, 0.717) is 18.8 Å². The van der Waals surface area contributed by atoms with Gasteiger partial charge in [0.25, 0.3) is 0 Å². The summed E-state index contributed by atoms with van der Waals surface area (Å²) < 4.78 is 10.6. The van der Waals surface area contributed by atoms with Gasteiger partial charge in [-0.3, -0.25) is 10.1 Å².